The molecule has 4 nitrogen and oxygen atoms in total. The van der Waals surface area contributed by atoms with Crippen LogP contribution in [0.25, 0.3) is 82.6 Å². The van der Waals surface area contributed by atoms with E-state index < -0.39 is 0 Å². The quantitative estimate of drug-likeness (QED) is 0.232. The lowest BCUT2D eigenvalue weighted by atomic mass is 10.0. The molecular weight excluding hydrogens is 490 g/mol. The van der Waals surface area contributed by atoms with Gasteiger partial charge >= 0.3 is 0 Å². The molecule has 0 radical (unpaired) electrons. The lowest BCUT2D eigenvalue weighted by molar-refractivity contribution is 0.666. The van der Waals surface area contributed by atoms with Crippen LogP contribution in [0.3, 0.4) is 0 Å². The van der Waals surface area contributed by atoms with Gasteiger partial charge in [0.1, 0.15) is 16.8 Å². The van der Waals surface area contributed by atoms with Gasteiger partial charge in [-0.05, 0) is 57.9 Å². The molecule has 3 heterocycles. The van der Waals surface area contributed by atoms with E-state index in [1.807, 2.05) is 36.4 Å². The van der Waals surface area contributed by atoms with Crippen LogP contribution in [0.5, 0.6) is 0 Å². The van der Waals surface area contributed by atoms with E-state index >= 15 is 0 Å². The second-order valence-corrected chi connectivity index (χ2v) is 10.3. The van der Waals surface area contributed by atoms with E-state index in [0.717, 1.165) is 38.8 Å². The van der Waals surface area contributed by atoms with E-state index in [0.29, 0.717) is 11.5 Å². The Morgan fingerprint density at radius 2 is 1.05 bits per heavy atom. The van der Waals surface area contributed by atoms with Crippen LogP contribution in [-0.2, 0) is 0 Å². The van der Waals surface area contributed by atoms with Gasteiger partial charge in [-0.25, -0.2) is 9.97 Å². The standard InChI is InChI=1S/C36H21N3O/c1-2-10-22(11-3-1)33-35-34(27-16-8-9-17-32(27)40-35)38-36(37-33)39-30-20-25-14-6-4-12-23(25)18-28(30)29-19-24-13-5-7-15-26(24)21-31(29)39/h1-21H. The summed E-state index contributed by atoms with van der Waals surface area (Å²) in [6.07, 6.45) is 0. The van der Waals surface area contributed by atoms with E-state index in [9.17, 15) is 0 Å². The van der Waals surface area contributed by atoms with E-state index in [1.54, 1.807) is 0 Å². The number of furan rings is 1. The highest BCUT2D eigenvalue weighted by Gasteiger charge is 2.21. The predicted molar refractivity (Wildman–Crippen MR) is 164 cm³/mol. The van der Waals surface area contributed by atoms with Crippen molar-refractivity contribution >= 4 is 65.4 Å². The van der Waals surface area contributed by atoms with E-state index in [4.69, 9.17) is 14.4 Å². The SMILES string of the molecule is c1ccc(-c2nc(-n3c4cc5ccccc5cc4c4cc5ccccc5cc43)nc3c2oc2ccccc23)cc1. The van der Waals surface area contributed by atoms with Crippen molar-refractivity contribution in [2.75, 3.05) is 0 Å². The fraction of sp³-hybridized carbons (Fsp3) is 0. The van der Waals surface area contributed by atoms with Crippen LogP contribution in [0.1, 0.15) is 0 Å². The first-order valence-corrected chi connectivity index (χ1v) is 13.4. The van der Waals surface area contributed by atoms with Crippen molar-refractivity contribution in [1.82, 2.24) is 14.5 Å². The third kappa shape index (κ3) is 3.01. The Balaban J connectivity index is 1.48. The molecule has 0 atom stereocenters. The summed E-state index contributed by atoms with van der Waals surface area (Å²) in [4.78, 5) is 10.4. The third-order valence-corrected chi connectivity index (χ3v) is 7.96. The number of para-hydroxylation sites is 1. The number of hydrogen-bond donors (Lipinski definition) is 0. The number of hydrogen-bond acceptors (Lipinski definition) is 3. The maximum absolute atomic E-state index is 6.37. The topological polar surface area (TPSA) is 43.9 Å². The molecule has 0 saturated heterocycles. The zero-order valence-corrected chi connectivity index (χ0v) is 21.4. The molecule has 6 aromatic carbocycles. The molecule has 186 valence electrons. The van der Waals surface area contributed by atoms with Gasteiger partial charge in [-0.1, -0.05) is 91.0 Å². The molecule has 0 aliphatic heterocycles. The van der Waals surface area contributed by atoms with Crippen molar-refractivity contribution < 1.29 is 4.42 Å². The molecule has 4 heteroatoms. The molecule has 9 rings (SSSR count). The molecule has 0 aliphatic carbocycles. The number of benzene rings is 6. The first kappa shape index (κ1) is 21.5. The van der Waals surface area contributed by atoms with Crippen LogP contribution in [0, 0.1) is 0 Å². The minimum Gasteiger partial charge on any atom is -0.452 e. The Morgan fingerprint density at radius 3 is 1.70 bits per heavy atom. The van der Waals surface area contributed by atoms with Gasteiger partial charge in [0.05, 0.1) is 11.0 Å². The van der Waals surface area contributed by atoms with Gasteiger partial charge in [0.25, 0.3) is 0 Å². The largest absolute Gasteiger partial charge is 0.452 e. The zero-order chi connectivity index (χ0) is 26.2. The average Bonchev–Trinajstić information content (AvgIpc) is 3.53. The van der Waals surface area contributed by atoms with Gasteiger partial charge in [0.15, 0.2) is 5.58 Å². The summed E-state index contributed by atoms with van der Waals surface area (Å²) in [6, 6.07) is 44.5. The monoisotopic (exact) mass is 511 g/mol. The molecule has 0 unspecified atom stereocenters. The molecule has 40 heavy (non-hydrogen) atoms. The summed E-state index contributed by atoms with van der Waals surface area (Å²) >= 11 is 0. The predicted octanol–water partition coefficient (Wildman–Crippen LogP) is 9.45. The molecule has 0 aliphatic rings. The van der Waals surface area contributed by atoms with Crippen molar-refractivity contribution in [3.8, 4) is 17.2 Å². The zero-order valence-electron chi connectivity index (χ0n) is 21.4. The van der Waals surface area contributed by atoms with Crippen molar-refractivity contribution in [2.24, 2.45) is 0 Å². The minimum absolute atomic E-state index is 0.628. The van der Waals surface area contributed by atoms with Crippen LogP contribution >= 0.6 is 0 Å². The molecule has 3 aromatic heterocycles. The third-order valence-electron chi connectivity index (χ3n) is 7.96. The maximum Gasteiger partial charge on any atom is 0.236 e. The highest BCUT2D eigenvalue weighted by molar-refractivity contribution is 6.17. The fourth-order valence-electron chi connectivity index (χ4n) is 6.07. The van der Waals surface area contributed by atoms with Crippen LogP contribution in [0.2, 0.25) is 0 Å². The van der Waals surface area contributed by atoms with Gasteiger partial charge in [-0.2, -0.15) is 0 Å². The summed E-state index contributed by atoms with van der Waals surface area (Å²) < 4.78 is 8.59. The normalized spacial score (nSPS) is 12.0. The number of nitrogens with zero attached hydrogens (tertiary/aromatic N) is 3. The number of fused-ring (bicyclic) bond motifs is 8. The second kappa shape index (κ2) is 8.01. The summed E-state index contributed by atoms with van der Waals surface area (Å²) in [7, 11) is 0. The first-order valence-electron chi connectivity index (χ1n) is 13.4. The summed E-state index contributed by atoms with van der Waals surface area (Å²) in [5.74, 6) is 0.628. The van der Waals surface area contributed by atoms with E-state index in [-0.39, 0.29) is 0 Å². The lowest BCUT2D eigenvalue weighted by Gasteiger charge is -2.10. The van der Waals surface area contributed by atoms with Gasteiger partial charge < -0.3 is 4.42 Å². The Labute approximate surface area is 228 Å². The van der Waals surface area contributed by atoms with Gasteiger partial charge in [-0.3, -0.25) is 4.57 Å². The lowest BCUT2D eigenvalue weighted by Crippen LogP contribution is -2.03. The van der Waals surface area contributed by atoms with Crippen LogP contribution in [0.15, 0.2) is 132 Å². The molecule has 0 amide bonds. The Morgan fingerprint density at radius 1 is 0.500 bits per heavy atom. The van der Waals surface area contributed by atoms with Crippen molar-refractivity contribution in [2.45, 2.75) is 0 Å². The minimum atomic E-state index is 0.628. The van der Waals surface area contributed by atoms with Crippen molar-refractivity contribution in [3.05, 3.63) is 127 Å². The maximum atomic E-state index is 6.37. The number of rotatable bonds is 2. The summed E-state index contributed by atoms with van der Waals surface area (Å²) in [5, 5.41) is 8.13. The molecule has 0 fully saturated rings. The Bertz CT molecular complexity index is 2340. The summed E-state index contributed by atoms with van der Waals surface area (Å²) in [6.45, 7) is 0. The summed E-state index contributed by atoms with van der Waals surface area (Å²) in [5.41, 5.74) is 6.26. The van der Waals surface area contributed by atoms with Crippen molar-refractivity contribution in [3.63, 3.8) is 0 Å². The molecule has 0 bridgehead atoms. The van der Waals surface area contributed by atoms with Crippen LogP contribution < -0.4 is 0 Å². The van der Waals surface area contributed by atoms with Crippen LogP contribution in [-0.4, -0.2) is 14.5 Å². The average molecular weight is 512 g/mol. The molecule has 9 aromatic rings. The van der Waals surface area contributed by atoms with Gasteiger partial charge in [-0.15, -0.1) is 0 Å². The Kier molecular flexibility index (Phi) is 4.30. The van der Waals surface area contributed by atoms with Crippen LogP contribution in [0.4, 0.5) is 0 Å². The number of aromatic nitrogens is 3. The fourth-order valence-corrected chi connectivity index (χ4v) is 6.07. The Hall–Kier alpha value is -5.48. The first-order chi connectivity index (χ1) is 19.8. The van der Waals surface area contributed by atoms with Gasteiger partial charge in [0, 0.05) is 21.7 Å². The van der Waals surface area contributed by atoms with E-state index in [1.165, 1.54) is 32.3 Å². The smallest absolute Gasteiger partial charge is 0.236 e. The highest BCUT2D eigenvalue weighted by Crippen LogP contribution is 2.39. The molecule has 0 N–H and O–H groups in total. The van der Waals surface area contributed by atoms with Crippen molar-refractivity contribution in [1.29, 1.82) is 0 Å². The molecule has 0 saturated carbocycles. The highest BCUT2D eigenvalue weighted by atomic mass is 16.3. The van der Waals surface area contributed by atoms with E-state index in [2.05, 4.69) is 95.6 Å². The van der Waals surface area contributed by atoms with Gasteiger partial charge in [0.2, 0.25) is 5.95 Å². The second-order valence-electron chi connectivity index (χ2n) is 10.3. The molecular formula is C36H21N3O. The molecule has 0 spiro atoms.